The number of ether oxygens (including phenoxy) is 3. The third kappa shape index (κ3) is 5.80. The zero-order chi connectivity index (χ0) is 20.0. The maximum Gasteiger partial charge on any atom is 0.339 e. The van der Waals surface area contributed by atoms with Crippen LogP contribution in [-0.2, 0) is 9.53 Å². The first-order valence-electron chi connectivity index (χ1n) is 7.92. The Morgan fingerprint density at radius 3 is 2.23 bits per heavy atom. The molecule has 3 amide bonds. The summed E-state index contributed by atoms with van der Waals surface area (Å²) in [7, 11) is 1.41. The first kappa shape index (κ1) is 21.6. The molecule has 0 saturated carbocycles. The Kier molecular flexibility index (Phi) is 7.70. The van der Waals surface area contributed by atoms with Crippen molar-refractivity contribution < 1.29 is 28.6 Å². The van der Waals surface area contributed by atoms with E-state index in [0.717, 1.165) is 0 Å². The summed E-state index contributed by atoms with van der Waals surface area (Å²) in [6.07, 6.45) is -1.35. The van der Waals surface area contributed by atoms with Crippen molar-refractivity contribution in [2.75, 3.05) is 7.11 Å². The Bertz CT molecular complexity index is 690. The molecule has 0 aliphatic rings. The van der Waals surface area contributed by atoms with E-state index in [9.17, 15) is 14.4 Å². The van der Waals surface area contributed by atoms with E-state index in [2.05, 4.69) is 0 Å². The van der Waals surface area contributed by atoms with Gasteiger partial charge in [0.1, 0.15) is 0 Å². The van der Waals surface area contributed by atoms with Crippen LogP contribution in [0.4, 0.5) is 4.79 Å². The van der Waals surface area contributed by atoms with E-state index in [1.54, 1.807) is 13.8 Å². The molecule has 1 atom stereocenters. The molecule has 1 aromatic carbocycles. The van der Waals surface area contributed by atoms with Crippen LogP contribution in [-0.4, -0.2) is 37.2 Å². The average Bonchev–Trinajstić information content (AvgIpc) is 2.52. The summed E-state index contributed by atoms with van der Waals surface area (Å²) >= 11 is 6.18. The van der Waals surface area contributed by atoms with Gasteiger partial charge in [-0.3, -0.25) is 10.1 Å². The van der Waals surface area contributed by atoms with Crippen LogP contribution in [0, 0.1) is 5.92 Å². The fourth-order valence-electron chi connectivity index (χ4n) is 2.06. The van der Waals surface area contributed by atoms with Crippen molar-refractivity contribution in [3.05, 3.63) is 22.7 Å². The summed E-state index contributed by atoms with van der Waals surface area (Å²) in [4.78, 5) is 35.2. The Balaban J connectivity index is 3.10. The third-order valence-corrected chi connectivity index (χ3v) is 3.44. The highest BCUT2D eigenvalue weighted by Crippen LogP contribution is 2.37. The fraction of sp³-hybridized carbons (Fsp3) is 0.471. The van der Waals surface area contributed by atoms with Gasteiger partial charge in [-0.2, -0.15) is 0 Å². The van der Waals surface area contributed by atoms with E-state index < -0.39 is 24.0 Å². The lowest BCUT2D eigenvalue weighted by Gasteiger charge is -2.20. The predicted molar refractivity (Wildman–Crippen MR) is 95.5 cm³/mol. The van der Waals surface area contributed by atoms with Crippen LogP contribution in [0.3, 0.4) is 0 Å². The van der Waals surface area contributed by atoms with Gasteiger partial charge in [-0.15, -0.1) is 0 Å². The number of halogens is 1. The Morgan fingerprint density at radius 2 is 1.77 bits per heavy atom. The second kappa shape index (κ2) is 9.28. The molecule has 3 N–H and O–H groups in total. The number of hydrogen-bond donors (Lipinski definition) is 2. The molecule has 0 saturated heterocycles. The minimum Gasteiger partial charge on any atom is -0.493 e. The minimum absolute atomic E-state index is 0.0699. The lowest BCUT2D eigenvalue weighted by atomic mass is 10.1. The molecule has 9 heteroatoms. The molecular formula is C17H23ClN2O6. The van der Waals surface area contributed by atoms with Gasteiger partial charge in [-0.1, -0.05) is 25.4 Å². The van der Waals surface area contributed by atoms with Crippen LogP contribution in [0.25, 0.3) is 0 Å². The van der Waals surface area contributed by atoms with Crippen LogP contribution < -0.4 is 20.5 Å². The van der Waals surface area contributed by atoms with Gasteiger partial charge in [0.25, 0.3) is 5.91 Å². The number of nitrogens with two attached hydrogens (primary N) is 1. The van der Waals surface area contributed by atoms with Crippen LogP contribution in [0.2, 0.25) is 5.02 Å². The van der Waals surface area contributed by atoms with Crippen molar-refractivity contribution in [3.8, 4) is 11.5 Å². The number of benzene rings is 1. The number of amides is 3. The van der Waals surface area contributed by atoms with Gasteiger partial charge in [0.05, 0.1) is 23.8 Å². The van der Waals surface area contributed by atoms with Gasteiger partial charge in [0.15, 0.2) is 17.6 Å². The van der Waals surface area contributed by atoms with Gasteiger partial charge in [0, 0.05) is 0 Å². The number of hydrogen-bond acceptors (Lipinski definition) is 6. The summed E-state index contributed by atoms with van der Waals surface area (Å²) in [5.74, 6) is -1.45. The van der Waals surface area contributed by atoms with Crippen molar-refractivity contribution in [2.45, 2.75) is 39.9 Å². The summed E-state index contributed by atoms with van der Waals surface area (Å²) < 4.78 is 16.0. The van der Waals surface area contributed by atoms with Crippen molar-refractivity contribution in [1.82, 2.24) is 5.32 Å². The lowest BCUT2D eigenvalue weighted by molar-refractivity contribution is -0.130. The smallest absolute Gasteiger partial charge is 0.339 e. The van der Waals surface area contributed by atoms with Gasteiger partial charge >= 0.3 is 12.0 Å². The Labute approximate surface area is 156 Å². The van der Waals surface area contributed by atoms with Crippen LogP contribution in [0.1, 0.15) is 38.1 Å². The van der Waals surface area contributed by atoms with Gasteiger partial charge < -0.3 is 19.9 Å². The third-order valence-electron chi connectivity index (χ3n) is 3.16. The first-order valence-corrected chi connectivity index (χ1v) is 8.30. The molecule has 0 unspecified atom stereocenters. The first-order chi connectivity index (χ1) is 12.1. The molecule has 0 aliphatic carbocycles. The number of carbonyl (C=O) groups excluding carboxylic acids is 3. The van der Waals surface area contributed by atoms with E-state index in [1.165, 1.54) is 19.2 Å². The summed E-state index contributed by atoms with van der Waals surface area (Å²) in [5, 5.41) is 2.06. The van der Waals surface area contributed by atoms with Crippen molar-refractivity contribution in [3.63, 3.8) is 0 Å². The molecule has 0 aliphatic heterocycles. The minimum atomic E-state index is -1.20. The zero-order valence-corrected chi connectivity index (χ0v) is 16.0. The molecule has 0 bridgehead atoms. The van der Waals surface area contributed by atoms with E-state index in [4.69, 9.17) is 31.5 Å². The van der Waals surface area contributed by atoms with Crippen molar-refractivity contribution >= 4 is 29.5 Å². The molecule has 0 fully saturated rings. The van der Waals surface area contributed by atoms with E-state index in [1.807, 2.05) is 19.2 Å². The normalized spacial score (nSPS) is 11.8. The average molecular weight is 387 g/mol. The monoisotopic (exact) mass is 386 g/mol. The maximum atomic E-state index is 12.4. The highest BCUT2D eigenvalue weighted by molar-refractivity contribution is 6.32. The second-order valence-electron chi connectivity index (χ2n) is 6.08. The van der Waals surface area contributed by atoms with Gasteiger partial charge in [-0.25, -0.2) is 9.59 Å². The number of imide groups is 1. The molecule has 144 valence electrons. The molecule has 0 aromatic heterocycles. The zero-order valence-electron chi connectivity index (χ0n) is 15.3. The quantitative estimate of drug-likeness (QED) is 0.695. The van der Waals surface area contributed by atoms with E-state index in [-0.39, 0.29) is 28.4 Å². The number of esters is 1. The number of urea groups is 1. The van der Waals surface area contributed by atoms with E-state index in [0.29, 0.717) is 5.75 Å². The molecule has 1 aromatic rings. The van der Waals surface area contributed by atoms with Crippen molar-refractivity contribution in [1.29, 1.82) is 0 Å². The second-order valence-corrected chi connectivity index (χ2v) is 6.49. The van der Waals surface area contributed by atoms with Gasteiger partial charge in [0.2, 0.25) is 0 Å². The molecule has 0 heterocycles. The lowest BCUT2D eigenvalue weighted by Crippen LogP contribution is -2.45. The molecule has 1 rings (SSSR count). The summed E-state index contributed by atoms with van der Waals surface area (Å²) in [6.45, 7) is 6.96. The van der Waals surface area contributed by atoms with Gasteiger partial charge in [-0.05, 0) is 31.9 Å². The highest BCUT2D eigenvalue weighted by atomic mass is 35.5. The topological polar surface area (TPSA) is 117 Å². The predicted octanol–water partition coefficient (Wildman–Crippen LogP) is 2.51. The summed E-state index contributed by atoms with van der Waals surface area (Å²) in [5.41, 5.74) is 5.00. The highest BCUT2D eigenvalue weighted by Gasteiger charge is 2.28. The van der Waals surface area contributed by atoms with Crippen LogP contribution >= 0.6 is 11.6 Å². The van der Waals surface area contributed by atoms with Crippen molar-refractivity contribution in [2.24, 2.45) is 11.7 Å². The number of nitrogens with one attached hydrogen (secondary N) is 1. The maximum absolute atomic E-state index is 12.4. The molecule has 26 heavy (non-hydrogen) atoms. The number of primary amides is 1. The van der Waals surface area contributed by atoms with Crippen LogP contribution in [0.15, 0.2) is 12.1 Å². The van der Waals surface area contributed by atoms with E-state index >= 15 is 0 Å². The van der Waals surface area contributed by atoms with Crippen LogP contribution in [0.5, 0.6) is 11.5 Å². The number of rotatable bonds is 7. The largest absolute Gasteiger partial charge is 0.493 e. The molecule has 0 radical (unpaired) electrons. The Hall–Kier alpha value is -2.48. The SMILES string of the molecule is COc1cc(C(=O)O[C@@H](C(=O)NC(N)=O)C(C)C)cc(Cl)c1OC(C)C. The molecular weight excluding hydrogens is 364 g/mol. The fourth-order valence-corrected chi connectivity index (χ4v) is 2.31. The Morgan fingerprint density at radius 1 is 1.15 bits per heavy atom. The number of carbonyl (C=O) groups is 3. The molecule has 8 nitrogen and oxygen atoms in total. The number of methoxy groups -OCH3 is 1. The standard InChI is InChI=1S/C17H23ClN2O6/c1-8(2)13(15(21)20-17(19)23)26-16(22)10-6-11(18)14(25-9(3)4)12(7-10)24-5/h6-9,13H,1-5H3,(H3,19,20,21,23)/t13-/m1/s1. The molecule has 0 spiro atoms. The summed E-state index contributed by atoms with van der Waals surface area (Å²) in [6, 6.07) is 1.72.